The molecule has 1 fully saturated rings. The molecule has 4 heteroatoms. The van der Waals surface area contributed by atoms with Crippen LogP contribution in [0.25, 0.3) is 0 Å². The summed E-state index contributed by atoms with van der Waals surface area (Å²) in [5.74, 6) is 1.23. The average molecular weight is 235 g/mol. The Morgan fingerprint density at radius 1 is 1.35 bits per heavy atom. The van der Waals surface area contributed by atoms with Gasteiger partial charge < -0.3 is 10.4 Å². The molecular weight excluding hydrogens is 214 g/mol. The predicted molar refractivity (Wildman–Crippen MR) is 67.9 cm³/mol. The molecule has 1 heterocycles. The molecule has 4 nitrogen and oxygen atoms in total. The molecule has 2 rings (SSSR count). The Morgan fingerprint density at radius 3 is 2.94 bits per heavy atom. The lowest BCUT2D eigenvalue weighted by Crippen LogP contribution is -2.30. The molecule has 2 N–H and O–H groups in total. The number of nitrogens with one attached hydrogen (secondary N) is 1. The molecule has 1 aliphatic rings. The highest BCUT2D eigenvalue weighted by Crippen LogP contribution is 2.24. The molecule has 0 amide bonds. The Hall–Kier alpha value is -1.16. The van der Waals surface area contributed by atoms with Crippen molar-refractivity contribution < 1.29 is 5.11 Å². The lowest BCUT2D eigenvalue weighted by Gasteiger charge is -2.27. The first-order valence-electron chi connectivity index (χ1n) is 6.52. The number of hydrogen-bond donors (Lipinski definition) is 2. The van der Waals surface area contributed by atoms with E-state index in [9.17, 15) is 5.11 Å². The topological polar surface area (TPSA) is 58.0 Å². The van der Waals surface area contributed by atoms with Crippen LogP contribution in [0, 0.1) is 5.92 Å². The molecule has 1 aromatic heterocycles. The SMILES string of the molecule is CCc1cc(NCC2CCCCC2O)ncn1. The van der Waals surface area contributed by atoms with Crippen LogP contribution >= 0.6 is 0 Å². The summed E-state index contributed by atoms with van der Waals surface area (Å²) in [6.07, 6.45) is 6.81. The molecule has 2 unspecified atom stereocenters. The van der Waals surface area contributed by atoms with Gasteiger partial charge in [0.1, 0.15) is 12.1 Å². The summed E-state index contributed by atoms with van der Waals surface area (Å²) >= 11 is 0. The number of anilines is 1. The van der Waals surface area contributed by atoms with Crippen molar-refractivity contribution in [1.29, 1.82) is 0 Å². The molecule has 0 saturated heterocycles. The van der Waals surface area contributed by atoms with Crippen molar-refractivity contribution in [2.75, 3.05) is 11.9 Å². The number of nitrogens with zero attached hydrogens (tertiary/aromatic N) is 2. The van der Waals surface area contributed by atoms with Gasteiger partial charge in [0, 0.05) is 24.2 Å². The predicted octanol–water partition coefficient (Wildman–Crippen LogP) is 2.00. The molecule has 1 saturated carbocycles. The molecule has 2 atom stereocenters. The van der Waals surface area contributed by atoms with Gasteiger partial charge in [0.2, 0.25) is 0 Å². The Kier molecular flexibility index (Phi) is 4.31. The Balaban J connectivity index is 1.88. The second-order valence-corrected chi connectivity index (χ2v) is 4.74. The van der Waals surface area contributed by atoms with Crippen molar-refractivity contribution in [3.63, 3.8) is 0 Å². The molecule has 0 radical (unpaired) electrons. The van der Waals surface area contributed by atoms with Gasteiger partial charge in [-0.1, -0.05) is 19.8 Å². The lowest BCUT2D eigenvalue weighted by atomic mass is 9.86. The third-order valence-electron chi connectivity index (χ3n) is 3.50. The van der Waals surface area contributed by atoms with E-state index in [1.807, 2.05) is 6.07 Å². The van der Waals surface area contributed by atoms with Gasteiger partial charge in [0.15, 0.2) is 0 Å². The number of hydrogen-bond acceptors (Lipinski definition) is 4. The summed E-state index contributed by atoms with van der Waals surface area (Å²) in [6.45, 7) is 2.89. The lowest BCUT2D eigenvalue weighted by molar-refractivity contribution is 0.0763. The first kappa shape index (κ1) is 12.3. The Morgan fingerprint density at radius 2 is 2.18 bits per heavy atom. The number of aliphatic hydroxyl groups excluding tert-OH is 1. The number of rotatable bonds is 4. The van der Waals surface area contributed by atoms with Crippen molar-refractivity contribution in [3.8, 4) is 0 Å². The highest BCUT2D eigenvalue weighted by Gasteiger charge is 2.22. The van der Waals surface area contributed by atoms with Crippen LogP contribution in [-0.4, -0.2) is 27.7 Å². The molecular formula is C13H21N3O. The second kappa shape index (κ2) is 5.96. The van der Waals surface area contributed by atoms with E-state index < -0.39 is 0 Å². The smallest absolute Gasteiger partial charge is 0.129 e. The Labute approximate surface area is 102 Å². The van der Waals surface area contributed by atoms with E-state index in [2.05, 4.69) is 22.2 Å². The number of aliphatic hydroxyl groups is 1. The van der Waals surface area contributed by atoms with Crippen molar-refractivity contribution in [2.45, 2.75) is 45.1 Å². The summed E-state index contributed by atoms with van der Waals surface area (Å²) in [5, 5.41) is 13.2. The van der Waals surface area contributed by atoms with Gasteiger partial charge in [-0.3, -0.25) is 0 Å². The maximum absolute atomic E-state index is 9.87. The third kappa shape index (κ3) is 3.40. The van der Waals surface area contributed by atoms with E-state index in [0.29, 0.717) is 5.92 Å². The van der Waals surface area contributed by atoms with Crippen LogP contribution < -0.4 is 5.32 Å². The van der Waals surface area contributed by atoms with E-state index in [1.54, 1.807) is 6.33 Å². The first-order valence-corrected chi connectivity index (χ1v) is 6.52. The van der Waals surface area contributed by atoms with Gasteiger partial charge in [0.05, 0.1) is 6.10 Å². The van der Waals surface area contributed by atoms with Gasteiger partial charge in [-0.25, -0.2) is 9.97 Å². The zero-order valence-corrected chi connectivity index (χ0v) is 10.4. The third-order valence-corrected chi connectivity index (χ3v) is 3.50. The van der Waals surface area contributed by atoms with E-state index in [0.717, 1.165) is 43.7 Å². The molecule has 1 aliphatic carbocycles. The minimum Gasteiger partial charge on any atom is -0.393 e. The maximum Gasteiger partial charge on any atom is 0.129 e. The highest BCUT2D eigenvalue weighted by atomic mass is 16.3. The maximum atomic E-state index is 9.87. The first-order chi connectivity index (χ1) is 8.29. The number of aromatic nitrogens is 2. The van der Waals surface area contributed by atoms with Gasteiger partial charge in [-0.15, -0.1) is 0 Å². The van der Waals surface area contributed by atoms with Crippen LogP contribution in [0.2, 0.25) is 0 Å². The van der Waals surface area contributed by atoms with E-state index in [4.69, 9.17) is 0 Å². The summed E-state index contributed by atoms with van der Waals surface area (Å²) in [5.41, 5.74) is 1.05. The molecule has 17 heavy (non-hydrogen) atoms. The minimum absolute atomic E-state index is 0.149. The normalized spacial score (nSPS) is 24.6. The largest absolute Gasteiger partial charge is 0.393 e. The molecule has 94 valence electrons. The zero-order chi connectivity index (χ0) is 12.1. The fourth-order valence-corrected chi connectivity index (χ4v) is 2.35. The Bertz CT molecular complexity index is 356. The summed E-state index contributed by atoms with van der Waals surface area (Å²) in [4.78, 5) is 8.36. The molecule has 0 aromatic carbocycles. The fraction of sp³-hybridized carbons (Fsp3) is 0.692. The quantitative estimate of drug-likeness (QED) is 0.838. The minimum atomic E-state index is -0.149. The zero-order valence-electron chi connectivity index (χ0n) is 10.4. The average Bonchev–Trinajstić information content (AvgIpc) is 2.38. The van der Waals surface area contributed by atoms with Crippen LogP contribution in [-0.2, 0) is 6.42 Å². The van der Waals surface area contributed by atoms with Crippen molar-refractivity contribution in [1.82, 2.24) is 9.97 Å². The number of aryl methyl sites for hydroxylation is 1. The van der Waals surface area contributed by atoms with E-state index >= 15 is 0 Å². The molecule has 0 spiro atoms. The molecule has 0 bridgehead atoms. The van der Waals surface area contributed by atoms with Gasteiger partial charge in [-0.2, -0.15) is 0 Å². The van der Waals surface area contributed by atoms with Gasteiger partial charge >= 0.3 is 0 Å². The van der Waals surface area contributed by atoms with E-state index in [1.165, 1.54) is 6.42 Å². The fourth-order valence-electron chi connectivity index (χ4n) is 2.35. The van der Waals surface area contributed by atoms with Crippen molar-refractivity contribution >= 4 is 5.82 Å². The van der Waals surface area contributed by atoms with Gasteiger partial charge in [-0.05, 0) is 19.3 Å². The van der Waals surface area contributed by atoms with Crippen LogP contribution in [0.3, 0.4) is 0 Å². The monoisotopic (exact) mass is 235 g/mol. The van der Waals surface area contributed by atoms with E-state index in [-0.39, 0.29) is 6.10 Å². The van der Waals surface area contributed by atoms with Gasteiger partial charge in [0.25, 0.3) is 0 Å². The molecule has 0 aliphatic heterocycles. The van der Waals surface area contributed by atoms with Crippen LogP contribution in [0.15, 0.2) is 12.4 Å². The van der Waals surface area contributed by atoms with Crippen molar-refractivity contribution in [3.05, 3.63) is 18.1 Å². The summed E-state index contributed by atoms with van der Waals surface area (Å²) in [6, 6.07) is 1.98. The summed E-state index contributed by atoms with van der Waals surface area (Å²) < 4.78 is 0. The van der Waals surface area contributed by atoms with Crippen LogP contribution in [0.4, 0.5) is 5.82 Å². The standard InChI is InChI=1S/C13H21N3O/c1-2-11-7-13(16-9-15-11)14-8-10-5-3-4-6-12(10)17/h7,9-10,12,17H,2-6,8H2,1H3,(H,14,15,16). The second-order valence-electron chi connectivity index (χ2n) is 4.74. The van der Waals surface area contributed by atoms with Crippen LogP contribution in [0.1, 0.15) is 38.3 Å². The van der Waals surface area contributed by atoms with Crippen LogP contribution in [0.5, 0.6) is 0 Å². The molecule has 1 aromatic rings. The highest BCUT2D eigenvalue weighted by molar-refractivity contribution is 5.34. The van der Waals surface area contributed by atoms with Crippen molar-refractivity contribution in [2.24, 2.45) is 5.92 Å². The summed E-state index contributed by atoms with van der Waals surface area (Å²) in [7, 11) is 0.